The van der Waals surface area contributed by atoms with Crippen LogP contribution in [-0.2, 0) is 9.47 Å². The smallest absolute Gasteiger partial charge is 0.181 e. The zero-order chi connectivity index (χ0) is 19.8. The van der Waals surface area contributed by atoms with Crippen LogP contribution in [0.15, 0.2) is 30.7 Å². The van der Waals surface area contributed by atoms with Gasteiger partial charge in [-0.1, -0.05) is 0 Å². The van der Waals surface area contributed by atoms with Gasteiger partial charge in [0.2, 0.25) is 0 Å². The van der Waals surface area contributed by atoms with Crippen LogP contribution in [0.2, 0.25) is 0 Å². The summed E-state index contributed by atoms with van der Waals surface area (Å²) < 4.78 is 13.1. The Morgan fingerprint density at radius 3 is 2.69 bits per heavy atom. The number of pyridine rings is 1. The van der Waals surface area contributed by atoms with E-state index in [0.29, 0.717) is 6.10 Å². The van der Waals surface area contributed by atoms with Crippen molar-refractivity contribution in [2.24, 2.45) is 0 Å². The topological polar surface area (TPSA) is 68.0 Å². The molecule has 0 spiro atoms. The van der Waals surface area contributed by atoms with Crippen molar-refractivity contribution in [1.82, 2.24) is 19.4 Å². The lowest BCUT2D eigenvalue weighted by molar-refractivity contribution is 0.121. The van der Waals surface area contributed by atoms with E-state index in [-0.39, 0.29) is 0 Å². The normalized spacial score (nSPS) is 20.0. The molecule has 152 valence electrons. The van der Waals surface area contributed by atoms with Crippen LogP contribution in [0.3, 0.4) is 0 Å². The van der Waals surface area contributed by atoms with E-state index >= 15 is 0 Å². The molecule has 2 saturated heterocycles. The summed E-state index contributed by atoms with van der Waals surface area (Å²) in [5.41, 5.74) is 3.98. The summed E-state index contributed by atoms with van der Waals surface area (Å²) in [5.74, 6) is 1.91. The molecule has 0 amide bonds. The second-order valence-electron chi connectivity index (χ2n) is 7.59. The van der Waals surface area contributed by atoms with Crippen molar-refractivity contribution in [2.45, 2.75) is 19.4 Å². The number of hydrogen-bond acceptors (Lipinski definition) is 7. The molecule has 0 aliphatic carbocycles. The van der Waals surface area contributed by atoms with E-state index in [1.807, 2.05) is 25.5 Å². The van der Waals surface area contributed by atoms with Crippen molar-refractivity contribution in [2.75, 3.05) is 56.3 Å². The van der Waals surface area contributed by atoms with Crippen LogP contribution in [0.5, 0.6) is 0 Å². The number of ether oxygens (including phenoxy) is 2. The average Bonchev–Trinajstić information content (AvgIpc) is 3.38. The molecule has 0 N–H and O–H groups in total. The highest BCUT2D eigenvalue weighted by atomic mass is 16.5. The third-order valence-corrected chi connectivity index (χ3v) is 5.83. The highest BCUT2D eigenvalue weighted by Crippen LogP contribution is 2.29. The number of imidazole rings is 1. The van der Waals surface area contributed by atoms with Gasteiger partial charge < -0.3 is 19.3 Å². The highest BCUT2D eigenvalue weighted by Gasteiger charge is 2.24. The SMILES string of the molecule is CO[C@H]1CCN(c2ccc(-c3c(C)nc4c(N5CCOCC5)nccn34)cn2)C1. The van der Waals surface area contributed by atoms with Gasteiger partial charge in [-0.25, -0.2) is 15.0 Å². The quantitative estimate of drug-likeness (QED) is 0.672. The molecule has 0 aromatic carbocycles. The summed E-state index contributed by atoms with van der Waals surface area (Å²) >= 11 is 0. The molecule has 0 radical (unpaired) electrons. The maximum Gasteiger partial charge on any atom is 0.181 e. The Hall–Kier alpha value is -2.71. The molecular formula is C21H26N6O2. The van der Waals surface area contributed by atoms with E-state index in [1.165, 1.54) is 0 Å². The van der Waals surface area contributed by atoms with Gasteiger partial charge in [-0.2, -0.15) is 0 Å². The molecule has 1 atom stereocenters. The summed E-state index contributed by atoms with van der Waals surface area (Å²) in [6, 6.07) is 4.23. The molecule has 2 aliphatic heterocycles. The second-order valence-corrected chi connectivity index (χ2v) is 7.59. The van der Waals surface area contributed by atoms with Crippen LogP contribution < -0.4 is 9.80 Å². The molecule has 0 saturated carbocycles. The molecule has 2 fully saturated rings. The molecule has 3 aromatic heterocycles. The first kappa shape index (κ1) is 18.3. The molecule has 29 heavy (non-hydrogen) atoms. The van der Waals surface area contributed by atoms with Crippen molar-refractivity contribution in [3.8, 4) is 11.3 Å². The Morgan fingerprint density at radius 2 is 1.97 bits per heavy atom. The summed E-state index contributed by atoms with van der Waals surface area (Å²) in [7, 11) is 1.78. The van der Waals surface area contributed by atoms with Gasteiger partial charge in [0.15, 0.2) is 11.5 Å². The van der Waals surface area contributed by atoms with E-state index in [2.05, 4.69) is 31.3 Å². The average molecular weight is 394 g/mol. The zero-order valence-electron chi connectivity index (χ0n) is 16.9. The summed E-state index contributed by atoms with van der Waals surface area (Å²) in [5, 5.41) is 0. The first-order valence-corrected chi connectivity index (χ1v) is 10.1. The summed E-state index contributed by atoms with van der Waals surface area (Å²) in [4.78, 5) is 18.7. The third kappa shape index (κ3) is 3.32. The van der Waals surface area contributed by atoms with Crippen molar-refractivity contribution >= 4 is 17.3 Å². The van der Waals surface area contributed by atoms with Crippen LogP contribution in [0.4, 0.5) is 11.6 Å². The Bertz CT molecular complexity index is 996. The fraction of sp³-hybridized carbons (Fsp3) is 0.476. The van der Waals surface area contributed by atoms with Gasteiger partial charge in [0.05, 0.1) is 30.7 Å². The second kappa shape index (κ2) is 7.61. The maximum atomic E-state index is 5.48. The van der Waals surface area contributed by atoms with Crippen LogP contribution >= 0.6 is 0 Å². The number of aryl methyl sites for hydroxylation is 1. The number of fused-ring (bicyclic) bond motifs is 1. The number of rotatable bonds is 4. The van der Waals surface area contributed by atoms with Crippen molar-refractivity contribution in [1.29, 1.82) is 0 Å². The lowest BCUT2D eigenvalue weighted by Gasteiger charge is -2.27. The molecule has 2 aliphatic rings. The zero-order valence-corrected chi connectivity index (χ0v) is 16.9. The first-order valence-electron chi connectivity index (χ1n) is 10.1. The van der Waals surface area contributed by atoms with E-state index in [9.17, 15) is 0 Å². The molecule has 0 bridgehead atoms. The summed E-state index contributed by atoms with van der Waals surface area (Å²) in [6.07, 6.45) is 7.11. The first-order chi connectivity index (χ1) is 14.2. The molecule has 8 heteroatoms. The molecule has 0 unspecified atom stereocenters. The minimum atomic E-state index is 0.295. The number of anilines is 2. The van der Waals surface area contributed by atoms with Gasteiger partial charge in [-0.3, -0.25) is 4.40 Å². The Labute approximate surface area is 170 Å². The number of methoxy groups -OCH3 is 1. The fourth-order valence-electron chi connectivity index (χ4n) is 4.27. The van der Waals surface area contributed by atoms with Gasteiger partial charge >= 0.3 is 0 Å². The molecular weight excluding hydrogens is 368 g/mol. The number of nitrogens with zero attached hydrogens (tertiary/aromatic N) is 6. The van der Waals surface area contributed by atoms with E-state index in [0.717, 1.165) is 80.0 Å². The molecule has 5 rings (SSSR count). The number of morpholine rings is 1. The largest absolute Gasteiger partial charge is 0.380 e. The van der Waals surface area contributed by atoms with Crippen LogP contribution in [0.25, 0.3) is 16.9 Å². The standard InChI is InChI=1S/C21H26N6O2/c1-15-19(16-3-4-18(23-13-16)26-7-5-17(14-26)28-2)27-8-6-22-20(21(27)24-15)25-9-11-29-12-10-25/h3-4,6,8,13,17H,5,7,9-12,14H2,1-2H3/t17-/m0/s1. The number of aromatic nitrogens is 4. The predicted octanol–water partition coefficient (Wildman–Crippen LogP) is 2.16. The Kier molecular flexibility index (Phi) is 4.81. The minimum Gasteiger partial charge on any atom is -0.380 e. The van der Waals surface area contributed by atoms with E-state index < -0.39 is 0 Å². The van der Waals surface area contributed by atoms with Gasteiger partial charge in [-0.05, 0) is 25.5 Å². The monoisotopic (exact) mass is 394 g/mol. The van der Waals surface area contributed by atoms with Crippen LogP contribution in [0.1, 0.15) is 12.1 Å². The maximum absolute atomic E-state index is 5.48. The van der Waals surface area contributed by atoms with Gasteiger partial charge in [-0.15, -0.1) is 0 Å². The molecule has 5 heterocycles. The van der Waals surface area contributed by atoms with Crippen molar-refractivity contribution in [3.63, 3.8) is 0 Å². The van der Waals surface area contributed by atoms with Crippen molar-refractivity contribution < 1.29 is 9.47 Å². The molecule has 3 aromatic rings. The van der Waals surface area contributed by atoms with Crippen LogP contribution in [0, 0.1) is 6.92 Å². The van der Waals surface area contributed by atoms with E-state index in [1.54, 1.807) is 7.11 Å². The Morgan fingerprint density at radius 1 is 1.10 bits per heavy atom. The summed E-state index contributed by atoms with van der Waals surface area (Å²) in [6.45, 7) is 7.04. The fourth-order valence-corrected chi connectivity index (χ4v) is 4.27. The lowest BCUT2D eigenvalue weighted by Crippen LogP contribution is -2.37. The molecule has 8 nitrogen and oxygen atoms in total. The van der Waals surface area contributed by atoms with Gasteiger partial charge in [0, 0.05) is 57.4 Å². The van der Waals surface area contributed by atoms with Crippen LogP contribution in [-0.4, -0.2) is 72.0 Å². The number of hydrogen-bond donors (Lipinski definition) is 0. The van der Waals surface area contributed by atoms with Crippen molar-refractivity contribution in [3.05, 3.63) is 36.4 Å². The minimum absolute atomic E-state index is 0.295. The van der Waals surface area contributed by atoms with Gasteiger partial charge in [0.25, 0.3) is 0 Å². The van der Waals surface area contributed by atoms with Gasteiger partial charge in [0.1, 0.15) is 5.82 Å². The lowest BCUT2D eigenvalue weighted by atomic mass is 10.2. The highest BCUT2D eigenvalue weighted by molar-refractivity contribution is 5.73. The third-order valence-electron chi connectivity index (χ3n) is 5.83. The Balaban J connectivity index is 1.48. The van der Waals surface area contributed by atoms with E-state index in [4.69, 9.17) is 19.4 Å². The predicted molar refractivity (Wildman–Crippen MR) is 112 cm³/mol.